The molecule has 2 heterocycles. The lowest BCUT2D eigenvalue weighted by Gasteiger charge is -2.41. The number of hydrogen-bond donors (Lipinski definition) is 1. The van der Waals surface area contributed by atoms with Crippen LogP contribution in [0.3, 0.4) is 0 Å². The highest BCUT2D eigenvalue weighted by atomic mass is 19.4. The van der Waals surface area contributed by atoms with E-state index in [4.69, 9.17) is 9.47 Å². The Morgan fingerprint density at radius 3 is 2.92 bits per heavy atom. The number of morpholine rings is 1. The van der Waals surface area contributed by atoms with Crippen LogP contribution in [0.2, 0.25) is 0 Å². The van der Waals surface area contributed by atoms with Crippen molar-refractivity contribution < 1.29 is 27.4 Å². The van der Waals surface area contributed by atoms with E-state index < -0.39 is 23.2 Å². The minimum absolute atomic E-state index is 0.0318. The van der Waals surface area contributed by atoms with Gasteiger partial charge < -0.3 is 19.7 Å². The van der Waals surface area contributed by atoms with Gasteiger partial charge in [0.2, 0.25) is 0 Å². The highest BCUT2D eigenvalue weighted by Crippen LogP contribution is 2.30. The summed E-state index contributed by atoms with van der Waals surface area (Å²) >= 11 is 0. The molecule has 5 nitrogen and oxygen atoms in total. The van der Waals surface area contributed by atoms with E-state index in [-0.39, 0.29) is 12.1 Å². The number of ether oxygens (including phenoxy) is 2. The topological polar surface area (TPSA) is 50.8 Å². The summed E-state index contributed by atoms with van der Waals surface area (Å²) in [5, 5.41) is 3.20. The fourth-order valence-electron chi connectivity index (χ4n) is 2.99. The van der Waals surface area contributed by atoms with Gasteiger partial charge in [-0.05, 0) is 18.2 Å². The van der Waals surface area contributed by atoms with Crippen LogP contribution in [-0.4, -0.2) is 62.4 Å². The zero-order valence-corrected chi connectivity index (χ0v) is 13.1. The average Bonchev–Trinajstić information content (AvgIpc) is 2.79. The van der Waals surface area contributed by atoms with Crippen LogP contribution in [-0.2, 0) is 15.7 Å². The van der Waals surface area contributed by atoms with Crippen molar-refractivity contribution in [2.45, 2.75) is 11.8 Å². The number of alkyl halides is 3. The van der Waals surface area contributed by atoms with Gasteiger partial charge in [0.25, 0.3) is 5.91 Å². The molecule has 0 radical (unpaired) electrons. The van der Waals surface area contributed by atoms with Crippen molar-refractivity contribution >= 4 is 5.91 Å². The Balaban J connectivity index is 1.77. The van der Waals surface area contributed by atoms with Gasteiger partial charge in [-0.2, -0.15) is 13.2 Å². The SMILES string of the molecule is O=C(c1cccc(C(F)(F)F)c1)N1CCO[C@]2(CNCCOC2)C1. The summed E-state index contributed by atoms with van der Waals surface area (Å²) in [5.74, 6) is -0.423. The maximum absolute atomic E-state index is 12.8. The lowest BCUT2D eigenvalue weighted by Crippen LogP contribution is -2.59. The molecule has 2 saturated heterocycles. The molecule has 0 aliphatic carbocycles. The van der Waals surface area contributed by atoms with E-state index in [2.05, 4.69) is 5.32 Å². The first-order valence-corrected chi connectivity index (χ1v) is 7.79. The Morgan fingerprint density at radius 2 is 2.12 bits per heavy atom. The quantitative estimate of drug-likeness (QED) is 0.840. The number of carbonyl (C=O) groups excluding carboxylic acids is 1. The second-order valence-electron chi connectivity index (χ2n) is 6.07. The highest BCUT2D eigenvalue weighted by Gasteiger charge is 2.40. The normalized spacial score (nSPS) is 25.5. The van der Waals surface area contributed by atoms with E-state index in [0.717, 1.165) is 12.1 Å². The van der Waals surface area contributed by atoms with E-state index in [1.807, 2.05) is 0 Å². The monoisotopic (exact) mass is 344 g/mol. The number of halogens is 3. The Bertz CT molecular complexity index is 598. The molecule has 0 aromatic heterocycles. The molecule has 3 rings (SSSR count). The molecule has 0 bridgehead atoms. The van der Waals surface area contributed by atoms with Gasteiger partial charge in [0.15, 0.2) is 0 Å². The molecule has 1 aromatic carbocycles. The second-order valence-corrected chi connectivity index (χ2v) is 6.07. The maximum Gasteiger partial charge on any atom is 0.416 e. The fourth-order valence-corrected chi connectivity index (χ4v) is 2.99. The highest BCUT2D eigenvalue weighted by molar-refractivity contribution is 5.94. The van der Waals surface area contributed by atoms with Crippen LogP contribution in [0.15, 0.2) is 24.3 Å². The molecule has 1 aromatic rings. The van der Waals surface area contributed by atoms with Crippen LogP contribution >= 0.6 is 0 Å². The Morgan fingerprint density at radius 1 is 1.29 bits per heavy atom. The Kier molecular flexibility index (Phi) is 4.80. The second kappa shape index (κ2) is 6.70. The van der Waals surface area contributed by atoms with Crippen LogP contribution in [0.1, 0.15) is 15.9 Å². The van der Waals surface area contributed by atoms with E-state index in [0.29, 0.717) is 39.5 Å². The smallest absolute Gasteiger partial charge is 0.377 e. The third kappa shape index (κ3) is 3.71. The van der Waals surface area contributed by atoms with Gasteiger partial charge in [0.05, 0.1) is 31.9 Å². The zero-order valence-electron chi connectivity index (χ0n) is 13.1. The van der Waals surface area contributed by atoms with Crippen LogP contribution < -0.4 is 5.32 Å². The number of benzene rings is 1. The molecule has 2 fully saturated rings. The Hall–Kier alpha value is -1.64. The lowest BCUT2D eigenvalue weighted by molar-refractivity contribution is -0.137. The molecular formula is C16H19F3N2O3. The van der Waals surface area contributed by atoms with Crippen molar-refractivity contribution in [3.8, 4) is 0 Å². The number of nitrogens with one attached hydrogen (secondary N) is 1. The summed E-state index contributed by atoms with van der Waals surface area (Å²) in [7, 11) is 0. The molecule has 0 unspecified atom stereocenters. The van der Waals surface area contributed by atoms with E-state index >= 15 is 0 Å². The van der Waals surface area contributed by atoms with Crippen LogP contribution in [0.25, 0.3) is 0 Å². The molecule has 24 heavy (non-hydrogen) atoms. The van der Waals surface area contributed by atoms with Gasteiger partial charge in [-0.3, -0.25) is 4.79 Å². The van der Waals surface area contributed by atoms with Crippen LogP contribution in [0, 0.1) is 0 Å². The van der Waals surface area contributed by atoms with Gasteiger partial charge in [-0.15, -0.1) is 0 Å². The number of hydrogen-bond acceptors (Lipinski definition) is 4. The number of rotatable bonds is 1. The van der Waals surface area contributed by atoms with E-state index in [1.165, 1.54) is 17.0 Å². The molecule has 1 spiro atoms. The molecule has 1 atom stereocenters. The summed E-state index contributed by atoms with van der Waals surface area (Å²) in [6.07, 6.45) is -4.47. The largest absolute Gasteiger partial charge is 0.416 e. The first kappa shape index (κ1) is 17.2. The average molecular weight is 344 g/mol. The summed E-state index contributed by atoms with van der Waals surface area (Å²) < 4.78 is 49.8. The summed E-state index contributed by atoms with van der Waals surface area (Å²) in [5.41, 5.74) is -1.44. The summed E-state index contributed by atoms with van der Waals surface area (Å²) in [6, 6.07) is 4.51. The maximum atomic E-state index is 12.8. The first-order valence-electron chi connectivity index (χ1n) is 7.79. The van der Waals surface area contributed by atoms with Gasteiger partial charge in [-0.25, -0.2) is 0 Å². The fraction of sp³-hybridized carbons (Fsp3) is 0.562. The van der Waals surface area contributed by atoms with Gasteiger partial charge in [0.1, 0.15) is 5.60 Å². The van der Waals surface area contributed by atoms with Crippen molar-refractivity contribution in [1.29, 1.82) is 0 Å². The van der Waals surface area contributed by atoms with Gasteiger partial charge >= 0.3 is 6.18 Å². The van der Waals surface area contributed by atoms with Crippen LogP contribution in [0.4, 0.5) is 13.2 Å². The van der Waals surface area contributed by atoms with Crippen molar-refractivity contribution in [2.24, 2.45) is 0 Å². The predicted molar refractivity (Wildman–Crippen MR) is 79.7 cm³/mol. The van der Waals surface area contributed by atoms with E-state index in [9.17, 15) is 18.0 Å². The van der Waals surface area contributed by atoms with Crippen molar-refractivity contribution in [2.75, 3.05) is 46.0 Å². The molecular weight excluding hydrogens is 325 g/mol. The first-order chi connectivity index (χ1) is 11.4. The summed E-state index contributed by atoms with van der Waals surface area (Å²) in [6.45, 7) is 3.12. The van der Waals surface area contributed by atoms with Crippen molar-refractivity contribution in [1.82, 2.24) is 10.2 Å². The minimum atomic E-state index is -4.47. The molecule has 2 aliphatic rings. The predicted octanol–water partition coefficient (Wildman–Crippen LogP) is 1.54. The number of nitrogens with zero attached hydrogens (tertiary/aromatic N) is 1. The minimum Gasteiger partial charge on any atom is -0.377 e. The van der Waals surface area contributed by atoms with Crippen LogP contribution in [0.5, 0.6) is 0 Å². The summed E-state index contributed by atoms with van der Waals surface area (Å²) in [4.78, 5) is 14.2. The Labute approximate surface area is 137 Å². The number of amides is 1. The molecule has 8 heteroatoms. The molecule has 2 aliphatic heterocycles. The van der Waals surface area contributed by atoms with Crippen molar-refractivity contribution in [3.05, 3.63) is 35.4 Å². The van der Waals surface area contributed by atoms with E-state index in [1.54, 1.807) is 0 Å². The molecule has 1 N–H and O–H groups in total. The lowest BCUT2D eigenvalue weighted by atomic mass is 10.0. The standard InChI is InChI=1S/C16H19F3N2O3/c17-16(18,19)13-3-1-2-12(8-13)14(22)21-5-7-24-15(10-21)9-20-4-6-23-11-15/h1-3,8,20H,4-7,9-11H2/t15-/m1/s1. The van der Waals surface area contributed by atoms with Gasteiger partial charge in [0, 0.05) is 25.2 Å². The molecule has 1 amide bonds. The third-order valence-electron chi connectivity index (χ3n) is 4.21. The zero-order chi connectivity index (χ0) is 17.2. The third-order valence-corrected chi connectivity index (χ3v) is 4.21. The van der Waals surface area contributed by atoms with Gasteiger partial charge in [-0.1, -0.05) is 6.07 Å². The number of carbonyl (C=O) groups is 1. The van der Waals surface area contributed by atoms with Crippen molar-refractivity contribution in [3.63, 3.8) is 0 Å². The molecule has 132 valence electrons. The molecule has 0 saturated carbocycles.